The summed E-state index contributed by atoms with van der Waals surface area (Å²) in [5, 5.41) is 11.4. The van der Waals surface area contributed by atoms with Crippen LogP contribution in [0.5, 0.6) is 5.75 Å². The average molecular weight is 347 g/mol. The zero-order valence-electron chi connectivity index (χ0n) is 12.7. The largest absolute Gasteiger partial charge is 0.488 e. The van der Waals surface area contributed by atoms with Crippen LogP contribution in [0.2, 0.25) is 0 Å². The molecule has 0 unspecified atom stereocenters. The first-order valence-corrected chi connectivity index (χ1v) is 8.01. The van der Waals surface area contributed by atoms with E-state index in [1.54, 1.807) is 24.4 Å². The fraction of sp³-hybridized carbons (Fsp3) is 0.200. The van der Waals surface area contributed by atoms with Crippen LogP contribution in [0, 0.1) is 5.82 Å². The van der Waals surface area contributed by atoms with Crippen LogP contribution in [0.25, 0.3) is 10.8 Å². The van der Waals surface area contributed by atoms with Gasteiger partial charge < -0.3 is 10.1 Å². The summed E-state index contributed by atoms with van der Waals surface area (Å²) in [5.41, 5.74) is 0.282. The summed E-state index contributed by atoms with van der Waals surface area (Å²) < 4.78 is 18.8. The predicted molar refractivity (Wildman–Crippen MR) is 86.3 cm³/mol. The molecule has 0 aliphatic rings. The zero-order valence-corrected chi connectivity index (χ0v) is 13.5. The van der Waals surface area contributed by atoms with Gasteiger partial charge in [-0.25, -0.2) is 14.4 Å². The van der Waals surface area contributed by atoms with Crippen LogP contribution in [0.1, 0.15) is 17.4 Å². The fourth-order valence-electron chi connectivity index (χ4n) is 1.91. The lowest BCUT2D eigenvalue weighted by molar-refractivity contribution is 0.0922. The number of halogens is 1. The Bertz CT molecular complexity index is 821. The minimum absolute atomic E-state index is 0.145. The maximum Gasteiger partial charge on any atom is 0.271 e. The van der Waals surface area contributed by atoms with Crippen LogP contribution in [0.4, 0.5) is 4.39 Å². The zero-order chi connectivity index (χ0) is 16.9. The highest BCUT2D eigenvalue weighted by Crippen LogP contribution is 2.19. The number of hydrogen-bond acceptors (Lipinski definition) is 6. The van der Waals surface area contributed by atoms with Crippen molar-refractivity contribution in [2.75, 3.05) is 6.61 Å². The van der Waals surface area contributed by atoms with Crippen LogP contribution < -0.4 is 10.1 Å². The predicted octanol–water partition coefficient (Wildman–Crippen LogP) is 2.26. The third-order valence-electron chi connectivity index (χ3n) is 3.06. The quantitative estimate of drug-likeness (QED) is 0.713. The molecular formula is C15H14FN5O2S. The summed E-state index contributed by atoms with van der Waals surface area (Å²) >= 11 is 1.29. The van der Waals surface area contributed by atoms with Gasteiger partial charge in [-0.05, 0) is 19.1 Å². The standard InChI is InChI=1S/C15H14FN5O2S/c1-9(6-23-12-5-3-2-4-10(12)16)19-14(22)11-7-24-15(20-11)13-17-8-18-21-13/h2-5,7-9H,6H2,1H3,(H,19,22)(H,17,18,21)/t9-/m0/s1. The number of aromatic nitrogens is 4. The second kappa shape index (κ2) is 7.18. The van der Waals surface area contributed by atoms with Gasteiger partial charge in [-0.15, -0.1) is 11.3 Å². The molecule has 1 aromatic carbocycles. The van der Waals surface area contributed by atoms with Gasteiger partial charge in [0.25, 0.3) is 5.91 Å². The maximum absolute atomic E-state index is 13.5. The maximum atomic E-state index is 13.5. The first-order chi connectivity index (χ1) is 11.6. The average Bonchev–Trinajstić information content (AvgIpc) is 3.25. The van der Waals surface area contributed by atoms with E-state index >= 15 is 0 Å². The molecule has 0 spiro atoms. The van der Waals surface area contributed by atoms with E-state index in [1.165, 1.54) is 29.8 Å². The van der Waals surface area contributed by atoms with E-state index in [-0.39, 0.29) is 30.0 Å². The molecule has 3 aromatic rings. The van der Waals surface area contributed by atoms with Crippen molar-refractivity contribution in [2.24, 2.45) is 0 Å². The van der Waals surface area contributed by atoms with Gasteiger partial charge in [0, 0.05) is 5.38 Å². The van der Waals surface area contributed by atoms with E-state index in [2.05, 4.69) is 25.5 Å². The Kier molecular flexibility index (Phi) is 4.80. The van der Waals surface area contributed by atoms with Crippen molar-refractivity contribution in [3.05, 3.63) is 47.5 Å². The molecule has 1 atom stereocenters. The highest BCUT2D eigenvalue weighted by atomic mass is 32.1. The van der Waals surface area contributed by atoms with Crippen molar-refractivity contribution < 1.29 is 13.9 Å². The monoisotopic (exact) mass is 347 g/mol. The van der Waals surface area contributed by atoms with Crippen LogP contribution in [-0.4, -0.2) is 38.7 Å². The summed E-state index contributed by atoms with van der Waals surface area (Å²) in [6, 6.07) is 5.81. The molecule has 0 saturated carbocycles. The van der Waals surface area contributed by atoms with Gasteiger partial charge in [0.15, 0.2) is 22.4 Å². The van der Waals surface area contributed by atoms with Gasteiger partial charge >= 0.3 is 0 Å². The molecule has 2 N–H and O–H groups in total. The van der Waals surface area contributed by atoms with Gasteiger partial charge in [-0.2, -0.15) is 5.10 Å². The molecule has 1 amide bonds. The highest BCUT2D eigenvalue weighted by Gasteiger charge is 2.16. The van der Waals surface area contributed by atoms with Gasteiger partial charge in [0.05, 0.1) is 6.04 Å². The fourth-order valence-corrected chi connectivity index (χ4v) is 2.66. The molecule has 7 nitrogen and oxygen atoms in total. The van der Waals surface area contributed by atoms with E-state index in [1.807, 2.05) is 0 Å². The van der Waals surface area contributed by atoms with Crippen molar-refractivity contribution in [1.29, 1.82) is 0 Å². The van der Waals surface area contributed by atoms with Crippen molar-refractivity contribution in [3.63, 3.8) is 0 Å². The number of H-pyrrole nitrogens is 1. The normalized spacial score (nSPS) is 11.9. The van der Waals surface area contributed by atoms with E-state index < -0.39 is 5.82 Å². The second-order valence-corrected chi connectivity index (χ2v) is 5.85. The molecule has 0 bridgehead atoms. The van der Waals surface area contributed by atoms with Gasteiger partial charge in [0.2, 0.25) is 0 Å². The molecule has 0 aliphatic heterocycles. The molecule has 0 radical (unpaired) electrons. The molecule has 2 heterocycles. The van der Waals surface area contributed by atoms with Crippen LogP contribution in [0.15, 0.2) is 36.0 Å². The topological polar surface area (TPSA) is 92.8 Å². The molecule has 3 rings (SSSR count). The third-order valence-corrected chi connectivity index (χ3v) is 3.91. The SMILES string of the molecule is C[C@@H](COc1ccccc1F)NC(=O)c1csc(-c2ncn[nH]2)n1. The summed E-state index contributed by atoms with van der Waals surface area (Å²) in [7, 11) is 0. The Balaban J connectivity index is 1.55. The van der Waals surface area contributed by atoms with Gasteiger partial charge in [-0.3, -0.25) is 9.89 Å². The van der Waals surface area contributed by atoms with Crippen LogP contribution in [0.3, 0.4) is 0 Å². The number of benzene rings is 1. The Labute approximate surface area is 140 Å². The molecule has 2 aromatic heterocycles. The lowest BCUT2D eigenvalue weighted by atomic mass is 10.3. The van der Waals surface area contributed by atoms with E-state index in [0.717, 1.165) is 0 Å². The molecule has 0 aliphatic carbocycles. The highest BCUT2D eigenvalue weighted by molar-refractivity contribution is 7.13. The van der Waals surface area contributed by atoms with E-state index in [9.17, 15) is 9.18 Å². The molecule has 124 valence electrons. The van der Waals surface area contributed by atoms with Crippen molar-refractivity contribution in [1.82, 2.24) is 25.5 Å². The Morgan fingerprint density at radius 3 is 3.04 bits per heavy atom. The number of hydrogen-bond donors (Lipinski definition) is 2. The Morgan fingerprint density at radius 2 is 2.29 bits per heavy atom. The van der Waals surface area contributed by atoms with Crippen LogP contribution >= 0.6 is 11.3 Å². The summed E-state index contributed by atoms with van der Waals surface area (Å²) in [5.74, 6) is -0.108. The number of thiazole rings is 1. The number of amides is 1. The minimum atomic E-state index is -0.438. The molecule has 24 heavy (non-hydrogen) atoms. The number of para-hydroxylation sites is 1. The van der Waals surface area contributed by atoms with Crippen molar-refractivity contribution >= 4 is 17.2 Å². The number of rotatable bonds is 6. The molecule has 9 heteroatoms. The first-order valence-electron chi connectivity index (χ1n) is 7.13. The smallest absolute Gasteiger partial charge is 0.271 e. The molecular weight excluding hydrogens is 333 g/mol. The number of nitrogens with zero attached hydrogens (tertiary/aromatic N) is 3. The third kappa shape index (κ3) is 3.74. The Hall–Kier alpha value is -2.81. The number of aromatic amines is 1. The van der Waals surface area contributed by atoms with Crippen LogP contribution in [-0.2, 0) is 0 Å². The summed E-state index contributed by atoms with van der Waals surface area (Å²) in [6.07, 6.45) is 1.37. The lowest BCUT2D eigenvalue weighted by Gasteiger charge is -2.14. The van der Waals surface area contributed by atoms with E-state index in [4.69, 9.17) is 4.74 Å². The van der Waals surface area contributed by atoms with Gasteiger partial charge in [0.1, 0.15) is 18.6 Å². The van der Waals surface area contributed by atoms with Crippen molar-refractivity contribution in [3.8, 4) is 16.6 Å². The molecule has 0 saturated heterocycles. The number of carbonyl (C=O) groups is 1. The first kappa shape index (κ1) is 16.1. The second-order valence-electron chi connectivity index (χ2n) is 4.99. The summed E-state index contributed by atoms with van der Waals surface area (Å²) in [6.45, 7) is 1.91. The number of nitrogens with one attached hydrogen (secondary N) is 2. The number of ether oxygens (including phenoxy) is 1. The minimum Gasteiger partial charge on any atom is -0.488 e. The van der Waals surface area contributed by atoms with Gasteiger partial charge in [-0.1, -0.05) is 12.1 Å². The summed E-state index contributed by atoms with van der Waals surface area (Å²) in [4.78, 5) is 20.4. The molecule has 0 fully saturated rings. The Morgan fingerprint density at radius 1 is 1.46 bits per heavy atom. The number of carbonyl (C=O) groups excluding carboxylic acids is 1. The van der Waals surface area contributed by atoms with Crippen molar-refractivity contribution in [2.45, 2.75) is 13.0 Å². The lowest BCUT2D eigenvalue weighted by Crippen LogP contribution is -2.37. The van der Waals surface area contributed by atoms with E-state index in [0.29, 0.717) is 10.8 Å².